The van der Waals surface area contributed by atoms with Crippen LogP contribution in [0.1, 0.15) is 21.6 Å². The first-order valence-electron chi connectivity index (χ1n) is 10.3. The molecule has 0 unspecified atom stereocenters. The van der Waals surface area contributed by atoms with Crippen molar-refractivity contribution in [3.05, 3.63) is 107 Å². The molecule has 0 aliphatic heterocycles. The van der Waals surface area contributed by atoms with Crippen molar-refractivity contribution in [2.24, 2.45) is 0 Å². The SMILES string of the molecule is O=C(Nc1cnn(Cc2ccc(F)cc2)c1)c1cc2sccc2n1CCc1ccccc1. The molecule has 2 aromatic carbocycles. The van der Waals surface area contributed by atoms with Crippen LogP contribution in [-0.4, -0.2) is 20.3 Å². The normalized spacial score (nSPS) is 11.2. The fourth-order valence-electron chi connectivity index (χ4n) is 3.78. The standard InChI is InChI=1S/C25H21FN4OS/c26-20-8-6-19(7-9-20)16-29-17-21(15-27-29)28-25(31)23-14-24-22(11-13-32-24)30(23)12-10-18-4-2-1-3-5-18/h1-9,11,13-15,17H,10,12,16H2,(H,28,31). The van der Waals surface area contributed by atoms with E-state index in [2.05, 4.69) is 33.2 Å². The summed E-state index contributed by atoms with van der Waals surface area (Å²) < 4.78 is 18.0. The number of fused-ring (bicyclic) bond motifs is 1. The highest BCUT2D eigenvalue weighted by Gasteiger charge is 2.17. The number of thiophene rings is 1. The van der Waals surface area contributed by atoms with Crippen molar-refractivity contribution >= 4 is 33.1 Å². The molecular formula is C25H21FN4OS. The molecule has 0 spiro atoms. The quantitative estimate of drug-likeness (QED) is 0.356. The van der Waals surface area contributed by atoms with Crippen LogP contribution in [0.4, 0.5) is 10.1 Å². The van der Waals surface area contributed by atoms with E-state index >= 15 is 0 Å². The third kappa shape index (κ3) is 4.33. The first-order chi connectivity index (χ1) is 15.7. The molecule has 3 heterocycles. The van der Waals surface area contributed by atoms with Crippen LogP contribution < -0.4 is 5.32 Å². The molecule has 5 nitrogen and oxygen atoms in total. The summed E-state index contributed by atoms with van der Waals surface area (Å²) in [4.78, 5) is 13.1. The van der Waals surface area contributed by atoms with Crippen molar-refractivity contribution in [1.29, 1.82) is 0 Å². The maximum Gasteiger partial charge on any atom is 0.272 e. The van der Waals surface area contributed by atoms with Crippen molar-refractivity contribution in [2.45, 2.75) is 19.5 Å². The fourth-order valence-corrected chi connectivity index (χ4v) is 4.60. The highest BCUT2D eigenvalue weighted by atomic mass is 32.1. The lowest BCUT2D eigenvalue weighted by atomic mass is 10.1. The number of aryl methyl sites for hydroxylation is 2. The average Bonchev–Trinajstić information content (AvgIpc) is 3.51. The van der Waals surface area contributed by atoms with Crippen LogP contribution in [-0.2, 0) is 19.5 Å². The molecule has 0 aliphatic carbocycles. The van der Waals surface area contributed by atoms with Crippen molar-refractivity contribution in [3.63, 3.8) is 0 Å². The van der Waals surface area contributed by atoms with E-state index in [1.54, 1.807) is 40.5 Å². The molecule has 7 heteroatoms. The van der Waals surface area contributed by atoms with Crippen LogP contribution in [0, 0.1) is 5.82 Å². The molecule has 3 aromatic heterocycles. The number of hydrogen-bond acceptors (Lipinski definition) is 3. The van der Waals surface area contributed by atoms with Crippen molar-refractivity contribution in [2.75, 3.05) is 5.32 Å². The van der Waals surface area contributed by atoms with Gasteiger partial charge in [0.1, 0.15) is 11.5 Å². The Labute approximate surface area is 188 Å². The number of carbonyl (C=O) groups excluding carboxylic acids is 1. The van der Waals surface area contributed by atoms with Gasteiger partial charge in [-0.05, 0) is 47.2 Å². The van der Waals surface area contributed by atoms with Gasteiger partial charge >= 0.3 is 0 Å². The van der Waals surface area contributed by atoms with Crippen molar-refractivity contribution < 1.29 is 9.18 Å². The molecule has 5 rings (SSSR count). The lowest BCUT2D eigenvalue weighted by Gasteiger charge is -2.10. The van der Waals surface area contributed by atoms with Gasteiger partial charge in [-0.15, -0.1) is 11.3 Å². The number of nitrogens with zero attached hydrogens (tertiary/aromatic N) is 3. The van der Waals surface area contributed by atoms with Crippen LogP contribution in [0.25, 0.3) is 10.2 Å². The van der Waals surface area contributed by atoms with Gasteiger partial charge in [0, 0.05) is 12.7 Å². The van der Waals surface area contributed by atoms with E-state index in [9.17, 15) is 9.18 Å². The lowest BCUT2D eigenvalue weighted by Crippen LogP contribution is -2.17. The molecule has 0 fully saturated rings. The Balaban J connectivity index is 1.32. The Morgan fingerprint density at radius 1 is 1.03 bits per heavy atom. The Hall–Kier alpha value is -3.71. The zero-order valence-corrected chi connectivity index (χ0v) is 18.1. The summed E-state index contributed by atoms with van der Waals surface area (Å²) in [6, 6.07) is 20.6. The van der Waals surface area contributed by atoms with Crippen LogP contribution in [0.3, 0.4) is 0 Å². The zero-order chi connectivity index (χ0) is 21.9. The highest BCUT2D eigenvalue weighted by Crippen LogP contribution is 2.26. The number of hydrogen-bond donors (Lipinski definition) is 1. The van der Waals surface area contributed by atoms with Crippen LogP contribution >= 0.6 is 11.3 Å². The molecule has 1 N–H and O–H groups in total. The Bertz CT molecular complexity index is 1350. The molecule has 32 heavy (non-hydrogen) atoms. The van der Waals surface area contributed by atoms with E-state index in [4.69, 9.17) is 0 Å². The monoisotopic (exact) mass is 444 g/mol. The van der Waals surface area contributed by atoms with Gasteiger partial charge in [0.15, 0.2) is 0 Å². The molecule has 0 aliphatic rings. The van der Waals surface area contributed by atoms with E-state index in [-0.39, 0.29) is 11.7 Å². The van der Waals surface area contributed by atoms with E-state index in [1.165, 1.54) is 17.7 Å². The number of carbonyl (C=O) groups is 1. The predicted molar refractivity (Wildman–Crippen MR) is 126 cm³/mol. The highest BCUT2D eigenvalue weighted by molar-refractivity contribution is 7.17. The van der Waals surface area contributed by atoms with Gasteiger partial charge in [-0.2, -0.15) is 5.10 Å². The molecule has 1 amide bonds. The maximum atomic E-state index is 13.1. The number of nitrogens with one attached hydrogen (secondary N) is 1. The van der Waals surface area contributed by atoms with Gasteiger partial charge in [-0.25, -0.2) is 4.39 Å². The van der Waals surface area contributed by atoms with Gasteiger partial charge < -0.3 is 9.88 Å². The summed E-state index contributed by atoms with van der Waals surface area (Å²) in [7, 11) is 0. The van der Waals surface area contributed by atoms with E-state index < -0.39 is 0 Å². The Morgan fingerprint density at radius 3 is 2.66 bits per heavy atom. The van der Waals surface area contributed by atoms with E-state index in [1.807, 2.05) is 29.6 Å². The molecule has 0 saturated heterocycles. The number of aromatic nitrogens is 3. The Morgan fingerprint density at radius 2 is 1.84 bits per heavy atom. The van der Waals surface area contributed by atoms with Crippen molar-refractivity contribution in [3.8, 4) is 0 Å². The summed E-state index contributed by atoms with van der Waals surface area (Å²) in [6.07, 6.45) is 4.25. The van der Waals surface area contributed by atoms with Gasteiger partial charge in [0.2, 0.25) is 0 Å². The molecule has 0 saturated carbocycles. The molecular weight excluding hydrogens is 423 g/mol. The topological polar surface area (TPSA) is 51.9 Å². The molecule has 0 bridgehead atoms. The average molecular weight is 445 g/mol. The molecule has 0 radical (unpaired) electrons. The van der Waals surface area contributed by atoms with Gasteiger partial charge in [-0.3, -0.25) is 9.48 Å². The number of anilines is 1. The van der Waals surface area contributed by atoms with Gasteiger partial charge in [0.05, 0.1) is 28.6 Å². The second kappa shape index (κ2) is 8.80. The summed E-state index contributed by atoms with van der Waals surface area (Å²) in [5, 5.41) is 9.33. The number of amides is 1. The third-order valence-electron chi connectivity index (χ3n) is 5.37. The second-order valence-electron chi connectivity index (χ2n) is 7.59. The van der Waals surface area contributed by atoms with Crippen LogP contribution in [0.5, 0.6) is 0 Å². The fraction of sp³-hybridized carbons (Fsp3) is 0.120. The van der Waals surface area contributed by atoms with E-state index in [0.717, 1.165) is 28.7 Å². The zero-order valence-electron chi connectivity index (χ0n) is 17.2. The summed E-state index contributed by atoms with van der Waals surface area (Å²) in [6.45, 7) is 1.22. The maximum absolute atomic E-state index is 13.1. The predicted octanol–water partition coefficient (Wildman–Crippen LogP) is 5.58. The second-order valence-corrected chi connectivity index (χ2v) is 8.54. The summed E-state index contributed by atoms with van der Waals surface area (Å²) in [5.41, 5.74) is 4.49. The minimum Gasteiger partial charge on any atom is -0.335 e. The largest absolute Gasteiger partial charge is 0.335 e. The van der Waals surface area contributed by atoms with Gasteiger partial charge in [-0.1, -0.05) is 42.5 Å². The van der Waals surface area contributed by atoms with Gasteiger partial charge in [0.25, 0.3) is 5.91 Å². The summed E-state index contributed by atoms with van der Waals surface area (Å²) >= 11 is 1.63. The third-order valence-corrected chi connectivity index (χ3v) is 6.22. The minimum atomic E-state index is -0.266. The lowest BCUT2D eigenvalue weighted by molar-refractivity contribution is 0.101. The van der Waals surface area contributed by atoms with E-state index in [0.29, 0.717) is 17.9 Å². The van der Waals surface area contributed by atoms with Crippen molar-refractivity contribution in [1.82, 2.24) is 14.3 Å². The first kappa shape index (κ1) is 20.2. The number of rotatable bonds is 7. The smallest absolute Gasteiger partial charge is 0.272 e. The number of benzene rings is 2. The van der Waals surface area contributed by atoms with Crippen LogP contribution in [0.15, 0.2) is 84.5 Å². The number of halogens is 1. The first-order valence-corrected chi connectivity index (χ1v) is 11.2. The van der Waals surface area contributed by atoms with Crippen LogP contribution in [0.2, 0.25) is 0 Å². The Kier molecular flexibility index (Phi) is 5.56. The minimum absolute atomic E-state index is 0.164. The summed E-state index contributed by atoms with van der Waals surface area (Å²) in [5.74, 6) is -0.430. The molecule has 160 valence electrons. The molecule has 0 atom stereocenters. The molecule has 5 aromatic rings.